The van der Waals surface area contributed by atoms with E-state index >= 15 is 0 Å². The number of amides is 1. The molecule has 2 heterocycles. The van der Waals surface area contributed by atoms with E-state index < -0.39 is 17.7 Å². The molecule has 4 aromatic carbocycles. The molecular formula is C35H30N2O6S. The first-order valence-corrected chi connectivity index (χ1v) is 15.1. The van der Waals surface area contributed by atoms with Crippen LogP contribution in [0.4, 0.5) is 5.13 Å². The molecule has 1 N–H and O–H groups in total. The highest BCUT2D eigenvalue weighted by Crippen LogP contribution is 2.46. The Morgan fingerprint density at radius 2 is 1.57 bits per heavy atom. The maximum Gasteiger partial charge on any atom is 0.301 e. The molecule has 6 rings (SSSR count). The number of benzene rings is 4. The van der Waals surface area contributed by atoms with E-state index in [2.05, 4.69) is 0 Å². The quantitative estimate of drug-likeness (QED) is 0.101. The number of aliphatic hydroxyl groups excluding tert-OH is 1. The third-order valence-corrected chi connectivity index (χ3v) is 8.20. The molecule has 1 aliphatic heterocycles. The van der Waals surface area contributed by atoms with E-state index in [-0.39, 0.29) is 11.3 Å². The van der Waals surface area contributed by atoms with Gasteiger partial charge in [0, 0.05) is 5.56 Å². The average molecular weight is 607 g/mol. The van der Waals surface area contributed by atoms with E-state index in [1.807, 2.05) is 68.4 Å². The van der Waals surface area contributed by atoms with Gasteiger partial charge in [-0.25, -0.2) is 4.98 Å². The van der Waals surface area contributed by atoms with Crippen LogP contribution in [0.1, 0.15) is 36.6 Å². The maximum atomic E-state index is 13.7. The van der Waals surface area contributed by atoms with Crippen molar-refractivity contribution >= 4 is 44.1 Å². The highest BCUT2D eigenvalue weighted by Gasteiger charge is 2.48. The Bertz CT molecular complexity index is 1850. The molecule has 5 aromatic rings. The Kier molecular flexibility index (Phi) is 8.29. The van der Waals surface area contributed by atoms with Gasteiger partial charge < -0.3 is 19.3 Å². The first kappa shape index (κ1) is 28.9. The van der Waals surface area contributed by atoms with Crippen LogP contribution in [0, 0.1) is 0 Å². The summed E-state index contributed by atoms with van der Waals surface area (Å²) in [6.07, 6.45) is 0. The van der Waals surface area contributed by atoms with Crippen molar-refractivity contribution in [2.45, 2.75) is 26.5 Å². The van der Waals surface area contributed by atoms with Gasteiger partial charge in [-0.3, -0.25) is 14.5 Å². The molecule has 222 valence electrons. The molecule has 0 radical (unpaired) electrons. The SMILES string of the molecule is CCOc1ccc2nc(N3C(=O)C(=O)C(=C(O)c4ccccc4)C3c3ccc(OCc4ccccc4)c(OCC)c3)sc2c1. The first-order valence-electron chi connectivity index (χ1n) is 14.3. The standard InChI is InChI=1S/C35H30N2O6S/c1-3-41-25-16-17-26-29(20-25)44-35(36-26)37-31(30(33(39)34(37)40)32(38)23-13-9-6-10-14-23)24-15-18-27(28(19-24)42-4-2)43-21-22-11-7-5-8-12-22/h5-20,31,38H,3-4,21H2,1-2H3. The zero-order valence-corrected chi connectivity index (χ0v) is 25.0. The Labute approximate surface area is 258 Å². The number of nitrogens with zero attached hydrogens (tertiary/aromatic N) is 2. The topological polar surface area (TPSA) is 98.2 Å². The molecule has 1 aliphatic rings. The number of hydrogen-bond donors (Lipinski definition) is 1. The van der Waals surface area contributed by atoms with Gasteiger partial charge in [-0.2, -0.15) is 0 Å². The van der Waals surface area contributed by atoms with E-state index in [0.29, 0.717) is 58.8 Å². The fraction of sp³-hybridized carbons (Fsp3) is 0.171. The van der Waals surface area contributed by atoms with Crippen LogP contribution in [-0.2, 0) is 16.2 Å². The molecule has 1 unspecified atom stereocenters. The molecule has 1 saturated heterocycles. The minimum absolute atomic E-state index is 0.0316. The van der Waals surface area contributed by atoms with Crippen LogP contribution in [0.5, 0.6) is 17.2 Å². The molecule has 1 amide bonds. The second-order valence-corrected chi connectivity index (χ2v) is 11.0. The molecule has 0 aliphatic carbocycles. The molecular weight excluding hydrogens is 576 g/mol. The molecule has 1 atom stereocenters. The Morgan fingerprint density at radius 3 is 2.30 bits per heavy atom. The highest BCUT2D eigenvalue weighted by molar-refractivity contribution is 7.22. The first-order chi connectivity index (χ1) is 21.5. The van der Waals surface area contributed by atoms with Gasteiger partial charge in [-0.1, -0.05) is 78.1 Å². The van der Waals surface area contributed by atoms with E-state index in [4.69, 9.17) is 19.2 Å². The molecule has 44 heavy (non-hydrogen) atoms. The molecule has 0 saturated carbocycles. The summed E-state index contributed by atoms with van der Waals surface area (Å²) in [6, 6.07) is 28.3. The van der Waals surface area contributed by atoms with Crippen molar-refractivity contribution in [3.63, 3.8) is 0 Å². The largest absolute Gasteiger partial charge is 0.507 e. The van der Waals surface area contributed by atoms with Gasteiger partial charge in [0.15, 0.2) is 16.6 Å². The summed E-state index contributed by atoms with van der Waals surface area (Å²) >= 11 is 1.27. The smallest absolute Gasteiger partial charge is 0.301 e. The number of hydrogen-bond acceptors (Lipinski definition) is 8. The molecule has 9 heteroatoms. The van der Waals surface area contributed by atoms with Crippen LogP contribution in [0.15, 0.2) is 103 Å². The summed E-state index contributed by atoms with van der Waals surface area (Å²) in [6.45, 7) is 4.99. The van der Waals surface area contributed by atoms with E-state index in [9.17, 15) is 14.7 Å². The summed E-state index contributed by atoms with van der Waals surface area (Å²) in [7, 11) is 0. The fourth-order valence-corrected chi connectivity index (χ4v) is 6.19. The van der Waals surface area contributed by atoms with Crippen LogP contribution in [0.2, 0.25) is 0 Å². The average Bonchev–Trinajstić information content (AvgIpc) is 3.58. The van der Waals surface area contributed by atoms with Crippen LogP contribution in [-0.4, -0.2) is 35.0 Å². The van der Waals surface area contributed by atoms with Crippen molar-refractivity contribution < 1.29 is 28.9 Å². The molecule has 8 nitrogen and oxygen atoms in total. The number of Topliss-reactive ketones (excluding diaryl/α,β-unsaturated/α-hetero) is 1. The lowest BCUT2D eigenvalue weighted by molar-refractivity contribution is -0.132. The van der Waals surface area contributed by atoms with Crippen LogP contribution in [0.25, 0.3) is 16.0 Å². The lowest BCUT2D eigenvalue weighted by atomic mass is 9.95. The van der Waals surface area contributed by atoms with Crippen molar-refractivity contribution in [2.24, 2.45) is 0 Å². The Morgan fingerprint density at radius 1 is 0.841 bits per heavy atom. The van der Waals surface area contributed by atoms with Crippen LogP contribution >= 0.6 is 11.3 Å². The van der Waals surface area contributed by atoms with Gasteiger partial charge >= 0.3 is 5.91 Å². The highest BCUT2D eigenvalue weighted by atomic mass is 32.1. The number of carbonyl (C=O) groups is 2. The minimum Gasteiger partial charge on any atom is -0.507 e. The number of carbonyl (C=O) groups excluding carboxylic acids is 2. The summed E-state index contributed by atoms with van der Waals surface area (Å²) in [5, 5.41) is 11.8. The number of thiazole rings is 1. The van der Waals surface area contributed by atoms with E-state index in [1.165, 1.54) is 16.2 Å². The molecule has 0 spiro atoms. The van der Waals surface area contributed by atoms with Gasteiger partial charge in [-0.15, -0.1) is 0 Å². The second kappa shape index (κ2) is 12.6. The zero-order chi connectivity index (χ0) is 30.6. The number of ketones is 1. The lowest BCUT2D eigenvalue weighted by Gasteiger charge is -2.24. The molecule has 0 bridgehead atoms. The van der Waals surface area contributed by atoms with Gasteiger partial charge in [0.2, 0.25) is 0 Å². The van der Waals surface area contributed by atoms with Crippen LogP contribution < -0.4 is 19.1 Å². The minimum atomic E-state index is -0.968. The Balaban J connectivity index is 1.47. The van der Waals surface area contributed by atoms with Gasteiger partial charge in [0.05, 0.1) is 35.0 Å². The zero-order valence-electron chi connectivity index (χ0n) is 24.2. The molecule has 1 aromatic heterocycles. The Hall–Kier alpha value is -5.15. The summed E-state index contributed by atoms with van der Waals surface area (Å²) in [4.78, 5) is 33.5. The van der Waals surface area contributed by atoms with Crippen molar-refractivity contribution in [1.82, 2.24) is 4.98 Å². The normalized spacial score (nSPS) is 16.0. The lowest BCUT2D eigenvalue weighted by Crippen LogP contribution is -2.29. The van der Waals surface area contributed by atoms with Gasteiger partial charge in [0.25, 0.3) is 5.78 Å². The number of fused-ring (bicyclic) bond motifs is 1. The molecule has 1 fully saturated rings. The number of aromatic nitrogens is 1. The van der Waals surface area contributed by atoms with Gasteiger partial charge in [0.1, 0.15) is 18.1 Å². The maximum absolute atomic E-state index is 13.7. The predicted octanol–water partition coefficient (Wildman–Crippen LogP) is 7.30. The summed E-state index contributed by atoms with van der Waals surface area (Å²) in [5.41, 5.74) is 2.62. The third kappa shape index (κ3) is 5.61. The second-order valence-electron chi connectivity index (χ2n) is 10.0. The monoisotopic (exact) mass is 606 g/mol. The van der Waals surface area contributed by atoms with Crippen molar-refractivity contribution in [2.75, 3.05) is 18.1 Å². The van der Waals surface area contributed by atoms with E-state index in [1.54, 1.807) is 42.5 Å². The summed E-state index contributed by atoms with van der Waals surface area (Å²) in [5.74, 6) is -0.185. The third-order valence-electron chi connectivity index (χ3n) is 7.18. The van der Waals surface area contributed by atoms with Crippen molar-refractivity contribution in [1.29, 1.82) is 0 Å². The predicted molar refractivity (Wildman–Crippen MR) is 170 cm³/mol. The van der Waals surface area contributed by atoms with E-state index in [0.717, 1.165) is 10.3 Å². The number of ether oxygens (including phenoxy) is 3. The number of anilines is 1. The summed E-state index contributed by atoms with van der Waals surface area (Å²) < 4.78 is 18.5. The fourth-order valence-electron chi connectivity index (χ4n) is 5.17. The van der Waals surface area contributed by atoms with Gasteiger partial charge in [-0.05, 0) is 55.3 Å². The number of rotatable bonds is 10. The van der Waals surface area contributed by atoms with Crippen LogP contribution in [0.3, 0.4) is 0 Å². The number of aliphatic hydroxyl groups is 1. The van der Waals surface area contributed by atoms with Crippen molar-refractivity contribution in [3.05, 3.63) is 119 Å². The van der Waals surface area contributed by atoms with Crippen molar-refractivity contribution in [3.8, 4) is 17.2 Å².